The quantitative estimate of drug-likeness (QED) is 0.110. The van der Waals surface area contributed by atoms with E-state index in [-0.39, 0.29) is 6.10 Å². The van der Waals surface area contributed by atoms with Crippen molar-refractivity contribution in [3.63, 3.8) is 0 Å². The highest BCUT2D eigenvalue weighted by Gasteiger charge is 2.30. The maximum absolute atomic E-state index is 12.2. The molecule has 0 amide bonds. The molecule has 1 N–H and O–H groups in total. The Kier molecular flexibility index (Phi) is 17.3. The lowest BCUT2D eigenvalue weighted by atomic mass is 10.0. The minimum absolute atomic E-state index is 0.156. The predicted octanol–water partition coefficient (Wildman–Crippen LogP) is 8.01. The second-order valence-corrected chi connectivity index (χ2v) is 12.1. The Morgan fingerprint density at radius 1 is 0.750 bits per heavy atom. The van der Waals surface area contributed by atoms with Crippen LogP contribution in [-0.2, 0) is 13.6 Å². The van der Waals surface area contributed by atoms with Crippen molar-refractivity contribution in [1.29, 1.82) is 0 Å². The van der Waals surface area contributed by atoms with E-state index in [1.165, 1.54) is 89.9 Å². The van der Waals surface area contributed by atoms with Crippen LogP contribution in [0.25, 0.3) is 0 Å². The van der Waals surface area contributed by atoms with Gasteiger partial charge >= 0.3 is 7.82 Å². The fraction of sp³-hybridized carbons (Fsp3) is 1.00. The number of unbranched alkanes of at least 4 members (excludes halogenated alkanes) is 15. The Morgan fingerprint density at radius 2 is 1.22 bits per heavy atom. The van der Waals surface area contributed by atoms with Gasteiger partial charge in [0, 0.05) is 6.42 Å². The summed E-state index contributed by atoms with van der Waals surface area (Å²) in [6.07, 6.45) is 23.6. The van der Waals surface area contributed by atoms with Crippen LogP contribution >= 0.6 is 7.82 Å². The van der Waals surface area contributed by atoms with E-state index in [0.29, 0.717) is 6.61 Å². The van der Waals surface area contributed by atoms with Crippen LogP contribution in [0.2, 0.25) is 0 Å². The number of hydrogen-bond donors (Lipinski definition) is 1. The number of nitrogens with zero attached hydrogens (tertiary/aromatic N) is 1. The van der Waals surface area contributed by atoms with Crippen molar-refractivity contribution >= 4 is 7.82 Å². The summed E-state index contributed by atoms with van der Waals surface area (Å²) >= 11 is 0. The van der Waals surface area contributed by atoms with Crippen LogP contribution in [-0.4, -0.2) is 49.3 Å². The Balaban J connectivity index is 1.87. The summed E-state index contributed by atoms with van der Waals surface area (Å²) < 4.78 is 23.9. The molecule has 6 heteroatoms. The third kappa shape index (κ3) is 17.5. The fourth-order valence-electron chi connectivity index (χ4n) is 4.65. The van der Waals surface area contributed by atoms with Gasteiger partial charge in [0.25, 0.3) is 0 Å². The lowest BCUT2D eigenvalue weighted by Gasteiger charge is -2.27. The van der Waals surface area contributed by atoms with Crippen molar-refractivity contribution < 1.29 is 23.0 Å². The monoisotopic (exact) mass is 476 g/mol. The lowest BCUT2D eigenvalue weighted by Crippen LogP contribution is -2.40. The van der Waals surface area contributed by atoms with Gasteiger partial charge in [0.15, 0.2) is 0 Å². The first kappa shape index (κ1) is 30.1. The number of likely N-dealkylation sites (tertiary alicyclic amines) is 1. The SMILES string of the molecule is CCCCCCCCCCCCCCCCCCOP(=O)(O)OC1CCC[N+](C)(C)CC1. The number of phosphoric acid groups is 1. The predicted molar refractivity (Wildman–Crippen MR) is 136 cm³/mol. The van der Waals surface area contributed by atoms with Gasteiger partial charge in [0.05, 0.1) is 39.9 Å². The maximum atomic E-state index is 12.2. The van der Waals surface area contributed by atoms with E-state index in [2.05, 4.69) is 21.0 Å². The van der Waals surface area contributed by atoms with Crippen LogP contribution in [0.4, 0.5) is 0 Å². The average Bonchev–Trinajstić information content (AvgIpc) is 2.90. The van der Waals surface area contributed by atoms with Crippen LogP contribution in [0.3, 0.4) is 0 Å². The van der Waals surface area contributed by atoms with Crippen molar-refractivity contribution in [3.05, 3.63) is 0 Å². The molecule has 1 rings (SSSR count). The Morgan fingerprint density at radius 3 is 1.72 bits per heavy atom. The second-order valence-electron chi connectivity index (χ2n) is 10.6. The third-order valence-electron chi connectivity index (χ3n) is 6.88. The summed E-state index contributed by atoms with van der Waals surface area (Å²) in [4.78, 5) is 10.0. The number of hydrogen-bond acceptors (Lipinski definition) is 3. The van der Waals surface area contributed by atoms with Gasteiger partial charge in [-0.15, -0.1) is 0 Å². The molecule has 0 saturated carbocycles. The molecule has 192 valence electrons. The molecule has 0 radical (unpaired) electrons. The molecule has 1 heterocycles. The van der Waals surface area contributed by atoms with Crippen molar-refractivity contribution in [2.75, 3.05) is 33.8 Å². The van der Waals surface area contributed by atoms with Crippen molar-refractivity contribution in [1.82, 2.24) is 0 Å². The van der Waals surface area contributed by atoms with Gasteiger partial charge in [-0.1, -0.05) is 103 Å². The smallest absolute Gasteiger partial charge is 0.328 e. The van der Waals surface area contributed by atoms with Crippen LogP contribution in [0.1, 0.15) is 129 Å². The maximum Gasteiger partial charge on any atom is 0.472 e. The Hall–Kier alpha value is 0.0700. The Labute approximate surface area is 199 Å². The summed E-state index contributed by atoms with van der Waals surface area (Å²) in [5.41, 5.74) is 0. The van der Waals surface area contributed by atoms with Crippen LogP contribution in [0.15, 0.2) is 0 Å². The van der Waals surface area contributed by atoms with E-state index >= 15 is 0 Å². The molecule has 2 unspecified atom stereocenters. The normalized spacial score (nSPS) is 20.7. The lowest BCUT2D eigenvalue weighted by molar-refractivity contribution is -0.889. The Bertz CT molecular complexity index is 486. The van der Waals surface area contributed by atoms with Gasteiger partial charge in [-0.2, -0.15) is 0 Å². The topological polar surface area (TPSA) is 55.8 Å². The van der Waals surface area contributed by atoms with Gasteiger partial charge in [-0.3, -0.25) is 9.05 Å². The zero-order chi connectivity index (χ0) is 23.5. The summed E-state index contributed by atoms with van der Waals surface area (Å²) in [6, 6.07) is 0. The molecule has 0 aromatic carbocycles. The summed E-state index contributed by atoms with van der Waals surface area (Å²) in [6.45, 7) is 4.67. The highest BCUT2D eigenvalue weighted by molar-refractivity contribution is 7.47. The third-order valence-corrected chi connectivity index (χ3v) is 7.95. The number of quaternary nitrogens is 1. The molecule has 0 spiro atoms. The van der Waals surface area contributed by atoms with E-state index in [4.69, 9.17) is 9.05 Å². The van der Waals surface area contributed by atoms with Crippen LogP contribution in [0.5, 0.6) is 0 Å². The van der Waals surface area contributed by atoms with Crippen LogP contribution in [0, 0.1) is 0 Å². The van der Waals surface area contributed by atoms with Crippen LogP contribution < -0.4 is 0 Å². The van der Waals surface area contributed by atoms with E-state index in [1.807, 2.05) is 0 Å². The molecule has 1 fully saturated rings. The molecular formula is C26H55NO4P+. The van der Waals surface area contributed by atoms with E-state index in [9.17, 15) is 9.46 Å². The molecule has 5 nitrogen and oxygen atoms in total. The van der Waals surface area contributed by atoms with Gasteiger partial charge in [0.1, 0.15) is 0 Å². The van der Waals surface area contributed by atoms with Crippen molar-refractivity contribution in [2.45, 2.75) is 135 Å². The molecule has 0 bridgehead atoms. The standard InChI is InChI=1S/C26H54NO4P/c1-4-5-6-7-8-9-10-11-12-13-14-15-16-17-18-19-25-30-32(28,29)31-26-21-20-23-27(2,3)24-22-26/h26H,4-25H2,1-3H3/p+1. The first-order chi connectivity index (χ1) is 15.3. The van der Waals surface area contributed by atoms with Gasteiger partial charge in [-0.05, 0) is 19.3 Å². The summed E-state index contributed by atoms with van der Waals surface area (Å²) in [7, 11) is 0.487. The molecule has 1 aliphatic rings. The van der Waals surface area contributed by atoms with Gasteiger partial charge < -0.3 is 9.38 Å². The molecule has 1 saturated heterocycles. The summed E-state index contributed by atoms with van der Waals surface area (Å²) in [5, 5.41) is 0. The fourth-order valence-corrected chi connectivity index (χ4v) is 5.66. The number of phosphoric ester groups is 1. The highest BCUT2D eigenvalue weighted by atomic mass is 31.2. The molecule has 0 aliphatic carbocycles. The molecular weight excluding hydrogens is 421 g/mol. The first-order valence-corrected chi connectivity index (χ1v) is 15.3. The van der Waals surface area contributed by atoms with Gasteiger partial charge in [-0.25, -0.2) is 4.57 Å². The largest absolute Gasteiger partial charge is 0.472 e. The molecule has 32 heavy (non-hydrogen) atoms. The first-order valence-electron chi connectivity index (χ1n) is 13.8. The minimum atomic E-state index is -3.92. The van der Waals surface area contributed by atoms with E-state index in [1.54, 1.807) is 0 Å². The molecule has 0 aromatic rings. The van der Waals surface area contributed by atoms with Crippen molar-refractivity contribution in [3.8, 4) is 0 Å². The number of rotatable bonds is 20. The van der Waals surface area contributed by atoms with E-state index < -0.39 is 7.82 Å². The minimum Gasteiger partial charge on any atom is -0.328 e. The van der Waals surface area contributed by atoms with Gasteiger partial charge in [0.2, 0.25) is 0 Å². The average molecular weight is 477 g/mol. The van der Waals surface area contributed by atoms with E-state index in [0.717, 1.165) is 49.7 Å². The highest BCUT2D eigenvalue weighted by Crippen LogP contribution is 2.46. The molecule has 0 aromatic heterocycles. The zero-order valence-corrected chi connectivity index (χ0v) is 22.6. The second kappa shape index (κ2) is 18.4. The molecule has 2 atom stereocenters. The van der Waals surface area contributed by atoms with Crippen molar-refractivity contribution in [2.24, 2.45) is 0 Å². The zero-order valence-electron chi connectivity index (χ0n) is 21.7. The molecule has 1 aliphatic heterocycles. The summed E-state index contributed by atoms with van der Waals surface area (Å²) in [5.74, 6) is 0.